The summed E-state index contributed by atoms with van der Waals surface area (Å²) < 4.78 is 0. The van der Waals surface area contributed by atoms with Gasteiger partial charge in [0.15, 0.2) is 0 Å². The van der Waals surface area contributed by atoms with Crippen molar-refractivity contribution in [1.82, 2.24) is 0 Å². The Morgan fingerprint density at radius 1 is 0.941 bits per heavy atom. The first-order valence-corrected chi connectivity index (χ1v) is 27.0. The first-order valence-electron chi connectivity index (χ1n) is 5.10. The molecule has 0 bridgehead atoms. The zero-order valence-corrected chi connectivity index (χ0v) is 17.8. The predicted octanol–water partition coefficient (Wildman–Crippen LogP) is 5.71. The van der Waals surface area contributed by atoms with Gasteiger partial charge in [0.1, 0.15) is 0 Å². The molecule has 0 aromatic heterocycles. The summed E-state index contributed by atoms with van der Waals surface area (Å²) in [6.07, 6.45) is 1.05. The standard InChI is InChI=1S/C13H9.3HI.Zr/c1-3-7-12-10(5-1)9-11-6-2-4-8-13(11)12;;;;/h1-5,7-8H,9H2;3*1H;/q-1;;;;+3/p-3. The predicted molar refractivity (Wildman–Crippen MR) is 95.6 cm³/mol. The molecule has 0 unspecified atom stereocenters. The van der Waals surface area contributed by atoms with Gasteiger partial charge in [-0.25, -0.2) is 0 Å². The quantitative estimate of drug-likeness (QED) is 0.219. The maximum absolute atomic E-state index is 3.30. The van der Waals surface area contributed by atoms with Gasteiger partial charge in [0.05, 0.1) is 0 Å². The number of rotatable bonds is 0. The van der Waals surface area contributed by atoms with Crippen molar-refractivity contribution in [2.75, 3.05) is 0 Å². The van der Waals surface area contributed by atoms with Crippen LogP contribution in [0.25, 0.3) is 11.1 Å². The van der Waals surface area contributed by atoms with Crippen molar-refractivity contribution in [2.24, 2.45) is 0 Å². The van der Waals surface area contributed by atoms with Crippen molar-refractivity contribution >= 4 is 54.1 Å². The SMILES string of the molecule is [I][Zr]([I])[I].[c-]1cccc2c1Cc1ccccc1-2. The average molecular weight is 637 g/mol. The summed E-state index contributed by atoms with van der Waals surface area (Å²) in [5, 5.41) is 0. The normalized spacial score (nSPS) is 11.0. The van der Waals surface area contributed by atoms with E-state index < -0.39 is 9.18 Å². The van der Waals surface area contributed by atoms with Gasteiger partial charge in [0.25, 0.3) is 0 Å². The van der Waals surface area contributed by atoms with Crippen molar-refractivity contribution < 1.29 is 9.18 Å². The number of fused-ring (bicyclic) bond motifs is 3. The molecular weight excluding hydrogens is 628 g/mol. The largest absolute Gasteiger partial charge is 0.179 e. The second-order valence-electron chi connectivity index (χ2n) is 3.61. The van der Waals surface area contributed by atoms with E-state index in [1.165, 1.54) is 22.3 Å². The van der Waals surface area contributed by atoms with Crippen molar-refractivity contribution in [2.45, 2.75) is 6.42 Å². The number of halogens is 3. The maximum atomic E-state index is 3.30. The Labute approximate surface area is 138 Å². The van der Waals surface area contributed by atoms with E-state index in [1.54, 1.807) is 0 Å². The van der Waals surface area contributed by atoms with Crippen LogP contribution in [-0.4, -0.2) is 0 Å². The van der Waals surface area contributed by atoms with Gasteiger partial charge in [0, 0.05) is 0 Å². The molecular formula is C13H9I3Zr-. The molecule has 87 valence electrons. The molecule has 0 aliphatic heterocycles. The minimum absolute atomic E-state index is 0.633. The van der Waals surface area contributed by atoms with Crippen LogP contribution in [-0.2, 0) is 15.6 Å². The van der Waals surface area contributed by atoms with Gasteiger partial charge >= 0.3 is 63.3 Å². The fourth-order valence-corrected chi connectivity index (χ4v) is 2.00. The zero-order valence-electron chi connectivity index (χ0n) is 8.88. The van der Waals surface area contributed by atoms with E-state index in [1.807, 2.05) is 6.07 Å². The number of hydrogen-bond acceptors (Lipinski definition) is 0. The summed E-state index contributed by atoms with van der Waals surface area (Å²) in [6, 6.07) is 18.1. The molecule has 0 radical (unpaired) electrons. The number of hydrogen-bond donors (Lipinski definition) is 0. The molecule has 1 aliphatic rings. The van der Waals surface area contributed by atoms with Crippen LogP contribution in [0.5, 0.6) is 0 Å². The van der Waals surface area contributed by atoms with Crippen molar-refractivity contribution in [3.05, 3.63) is 59.7 Å². The zero-order chi connectivity index (χ0) is 12.3. The smallest absolute Gasteiger partial charge is 0.0253 e. The van der Waals surface area contributed by atoms with Gasteiger partial charge in [0.2, 0.25) is 0 Å². The summed E-state index contributed by atoms with van der Waals surface area (Å²) in [5.74, 6) is 0. The van der Waals surface area contributed by atoms with Crippen LogP contribution in [0.1, 0.15) is 11.1 Å². The molecule has 0 atom stereocenters. The molecule has 0 heterocycles. The summed E-state index contributed by atoms with van der Waals surface area (Å²) in [5.41, 5.74) is 5.51. The summed E-state index contributed by atoms with van der Waals surface area (Å²) in [6.45, 7) is 0. The van der Waals surface area contributed by atoms with Gasteiger partial charge < -0.3 is 0 Å². The third-order valence-electron chi connectivity index (χ3n) is 2.62. The molecule has 0 N–H and O–H groups in total. The molecule has 0 spiro atoms. The van der Waals surface area contributed by atoms with Crippen molar-refractivity contribution in [1.29, 1.82) is 0 Å². The van der Waals surface area contributed by atoms with Gasteiger partial charge in [-0.05, 0) is 6.42 Å². The fraction of sp³-hybridized carbons (Fsp3) is 0.0769. The Kier molecular flexibility index (Phi) is 6.44. The van der Waals surface area contributed by atoms with E-state index in [4.69, 9.17) is 0 Å². The van der Waals surface area contributed by atoms with Gasteiger partial charge in [-0.2, -0.15) is 29.8 Å². The molecule has 0 fully saturated rings. The van der Waals surface area contributed by atoms with Crippen LogP contribution in [0.3, 0.4) is 0 Å². The first-order chi connectivity index (χ1) is 8.18. The van der Waals surface area contributed by atoms with Crippen LogP contribution < -0.4 is 0 Å². The van der Waals surface area contributed by atoms with E-state index in [9.17, 15) is 0 Å². The third kappa shape index (κ3) is 4.24. The molecule has 0 saturated carbocycles. The van der Waals surface area contributed by atoms with Crippen LogP contribution in [0, 0.1) is 6.07 Å². The molecule has 1 aliphatic carbocycles. The molecule has 2 aromatic rings. The Morgan fingerprint density at radius 2 is 1.59 bits per heavy atom. The second kappa shape index (κ2) is 7.34. The second-order valence-corrected chi connectivity index (χ2v) is 60.4. The van der Waals surface area contributed by atoms with Crippen molar-refractivity contribution in [3.8, 4) is 11.1 Å². The number of benzene rings is 2. The third-order valence-corrected chi connectivity index (χ3v) is 2.62. The molecule has 3 rings (SSSR count). The van der Waals surface area contributed by atoms with Gasteiger partial charge in [-0.3, -0.25) is 0 Å². The Hall–Kier alpha value is 1.51. The van der Waals surface area contributed by atoms with E-state index in [0.717, 1.165) is 6.42 Å². The molecule has 17 heavy (non-hydrogen) atoms. The summed E-state index contributed by atoms with van der Waals surface area (Å²) >= 11 is 7.54. The molecule has 0 amide bonds. The van der Waals surface area contributed by atoms with Crippen LogP contribution in [0.15, 0.2) is 42.5 Å². The van der Waals surface area contributed by atoms with E-state index in [-0.39, 0.29) is 0 Å². The Bertz CT molecular complexity index is 465. The van der Waals surface area contributed by atoms with E-state index >= 15 is 0 Å². The molecule has 2 aromatic carbocycles. The monoisotopic (exact) mass is 636 g/mol. The molecule has 0 nitrogen and oxygen atoms in total. The van der Waals surface area contributed by atoms with Gasteiger partial charge in [-0.15, -0.1) is 5.56 Å². The van der Waals surface area contributed by atoms with Crippen LogP contribution in [0.4, 0.5) is 0 Å². The first kappa shape index (κ1) is 14.9. The van der Waals surface area contributed by atoms with Gasteiger partial charge in [-0.1, -0.05) is 35.4 Å². The summed E-state index contributed by atoms with van der Waals surface area (Å²) in [7, 11) is -0.633. The Balaban J connectivity index is 0.000000239. The average Bonchev–Trinajstić information content (AvgIpc) is 2.66. The minimum atomic E-state index is -0.633. The van der Waals surface area contributed by atoms with E-state index in [0.29, 0.717) is 0 Å². The maximum Gasteiger partial charge on any atom is -0.0253 e. The van der Waals surface area contributed by atoms with Crippen LogP contribution in [0.2, 0.25) is 0 Å². The van der Waals surface area contributed by atoms with Crippen LogP contribution >= 0.6 is 54.1 Å². The topological polar surface area (TPSA) is 0 Å². The molecule has 0 saturated heterocycles. The van der Waals surface area contributed by atoms with E-state index in [2.05, 4.69) is 96.6 Å². The van der Waals surface area contributed by atoms with Crippen molar-refractivity contribution in [3.63, 3.8) is 0 Å². The summed E-state index contributed by atoms with van der Waals surface area (Å²) in [4.78, 5) is 0. The fourth-order valence-electron chi connectivity index (χ4n) is 2.00. The Morgan fingerprint density at radius 3 is 2.35 bits per heavy atom. The molecule has 4 heteroatoms. The minimum Gasteiger partial charge on any atom is -0.179 e.